The van der Waals surface area contributed by atoms with Crippen molar-refractivity contribution in [3.8, 4) is 0 Å². The van der Waals surface area contributed by atoms with Gasteiger partial charge in [-0.15, -0.1) is 0 Å². The molecule has 8 N–H and O–H groups in total. The molecule has 0 radical (unpaired) electrons. The standard InChI is InChI=1S/C12H15N4OP/c13-7-3-1-5-9(11(7)15)18(17)10-6-2-4-8(14)12(10)16/h1-6,18H,13-16H2. The maximum Gasteiger partial charge on any atom is 0.136 e. The van der Waals surface area contributed by atoms with Gasteiger partial charge in [0.2, 0.25) is 0 Å². The molecule has 2 aromatic carbocycles. The first-order valence-electron chi connectivity index (χ1n) is 5.35. The molecule has 2 rings (SSSR count). The minimum Gasteiger partial charge on any atom is -0.397 e. The highest BCUT2D eigenvalue weighted by atomic mass is 31.1. The van der Waals surface area contributed by atoms with E-state index in [4.69, 9.17) is 22.9 Å². The molecule has 0 atom stereocenters. The second-order valence-corrected chi connectivity index (χ2v) is 5.68. The Morgan fingerprint density at radius 2 is 1.11 bits per heavy atom. The van der Waals surface area contributed by atoms with Crippen molar-refractivity contribution in [3.05, 3.63) is 36.4 Å². The molecular weight excluding hydrogens is 247 g/mol. The van der Waals surface area contributed by atoms with Crippen LogP contribution in [0.1, 0.15) is 0 Å². The Kier molecular flexibility index (Phi) is 3.17. The predicted molar refractivity (Wildman–Crippen MR) is 78.8 cm³/mol. The van der Waals surface area contributed by atoms with E-state index >= 15 is 0 Å². The molecule has 18 heavy (non-hydrogen) atoms. The monoisotopic (exact) mass is 262 g/mol. The number of para-hydroxylation sites is 2. The molecule has 0 fully saturated rings. The largest absolute Gasteiger partial charge is 0.397 e. The lowest BCUT2D eigenvalue weighted by Gasteiger charge is -2.11. The normalized spacial score (nSPS) is 10.7. The molecule has 0 amide bonds. The van der Waals surface area contributed by atoms with Gasteiger partial charge in [0.1, 0.15) is 7.80 Å². The fraction of sp³-hybridized carbons (Fsp3) is 0. The third kappa shape index (κ3) is 2.00. The van der Waals surface area contributed by atoms with Crippen LogP contribution in [0.25, 0.3) is 0 Å². The molecule has 0 unspecified atom stereocenters. The maximum atomic E-state index is 12.5. The third-order valence-corrected chi connectivity index (χ3v) is 4.62. The fourth-order valence-corrected chi connectivity index (χ4v) is 3.27. The van der Waals surface area contributed by atoms with E-state index in [9.17, 15) is 4.57 Å². The van der Waals surface area contributed by atoms with E-state index < -0.39 is 7.80 Å². The molecule has 0 spiro atoms. The summed E-state index contributed by atoms with van der Waals surface area (Å²) in [5.74, 6) is 0. The van der Waals surface area contributed by atoms with E-state index in [0.717, 1.165) is 0 Å². The van der Waals surface area contributed by atoms with Gasteiger partial charge in [0.15, 0.2) is 0 Å². The Labute approximate surface area is 106 Å². The van der Waals surface area contributed by atoms with E-state index in [1.807, 2.05) is 0 Å². The zero-order valence-electron chi connectivity index (χ0n) is 9.68. The van der Waals surface area contributed by atoms with Crippen molar-refractivity contribution < 1.29 is 4.57 Å². The Hall–Kier alpha value is -2.13. The molecule has 0 bridgehead atoms. The van der Waals surface area contributed by atoms with Crippen LogP contribution in [0, 0.1) is 0 Å². The molecule has 0 aromatic heterocycles. The van der Waals surface area contributed by atoms with Crippen molar-refractivity contribution in [2.24, 2.45) is 0 Å². The van der Waals surface area contributed by atoms with Gasteiger partial charge in [0.25, 0.3) is 0 Å². The quantitative estimate of drug-likeness (QED) is 0.464. The average Bonchev–Trinajstić information content (AvgIpc) is 2.35. The van der Waals surface area contributed by atoms with Gasteiger partial charge in [-0.2, -0.15) is 0 Å². The van der Waals surface area contributed by atoms with Crippen LogP contribution >= 0.6 is 7.80 Å². The van der Waals surface area contributed by atoms with Gasteiger partial charge in [0.05, 0.1) is 22.7 Å². The van der Waals surface area contributed by atoms with Crippen molar-refractivity contribution in [2.75, 3.05) is 22.9 Å². The maximum absolute atomic E-state index is 12.5. The lowest BCUT2D eigenvalue weighted by molar-refractivity contribution is 0.598. The van der Waals surface area contributed by atoms with Gasteiger partial charge >= 0.3 is 0 Å². The third-order valence-electron chi connectivity index (χ3n) is 2.77. The highest BCUT2D eigenvalue weighted by Gasteiger charge is 2.15. The molecular formula is C12H15N4OP. The van der Waals surface area contributed by atoms with Crippen molar-refractivity contribution in [1.29, 1.82) is 0 Å². The summed E-state index contributed by atoms with van der Waals surface area (Å²) in [7, 11) is -2.31. The van der Waals surface area contributed by atoms with Gasteiger partial charge in [-0.1, -0.05) is 12.1 Å². The van der Waals surface area contributed by atoms with Crippen LogP contribution in [0.2, 0.25) is 0 Å². The molecule has 0 aliphatic heterocycles. The number of hydrogen-bond acceptors (Lipinski definition) is 5. The second-order valence-electron chi connectivity index (χ2n) is 3.95. The Balaban J connectivity index is 2.55. The summed E-state index contributed by atoms with van der Waals surface area (Å²) in [6.45, 7) is 0. The lowest BCUT2D eigenvalue weighted by atomic mass is 10.3. The minimum atomic E-state index is -2.31. The highest BCUT2D eigenvalue weighted by molar-refractivity contribution is 7.62. The topological polar surface area (TPSA) is 121 Å². The van der Waals surface area contributed by atoms with Gasteiger partial charge in [-0.05, 0) is 24.3 Å². The SMILES string of the molecule is Nc1cccc([PH](=O)c2cccc(N)c2N)c1N. The van der Waals surface area contributed by atoms with E-state index in [-0.39, 0.29) is 0 Å². The van der Waals surface area contributed by atoms with Gasteiger partial charge in [0, 0.05) is 10.6 Å². The summed E-state index contributed by atoms with van der Waals surface area (Å²) in [6.07, 6.45) is 0. The molecule has 94 valence electrons. The van der Waals surface area contributed by atoms with E-state index in [2.05, 4.69) is 0 Å². The van der Waals surface area contributed by atoms with Gasteiger partial charge in [-0.25, -0.2) is 0 Å². The lowest BCUT2D eigenvalue weighted by Crippen LogP contribution is -2.16. The van der Waals surface area contributed by atoms with E-state index in [0.29, 0.717) is 33.4 Å². The summed E-state index contributed by atoms with van der Waals surface area (Å²) < 4.78 is 12.5. The van der Waals surface area contributed by atoms with Crippen LogP contribution in [0.15, 0.2) is 36.4 Å². The number of nitrogens with two attached hydrogens (primary N) is 4. The average molecular weight is 262 g/mol. The molecule has 0 saturated carbocycles. The molecule has 5 nitrogen and oxygen atoms in total. The smallest absolute Gasteiger partial charge is 0.136 e. The molecule has 6 heteroatoms. The number of anilines is 4. The van der Waals surface area contributed by atoms with Gasteiger partial charge in [-0.3, -0.25) is 0 Å². The number of hydrogen-bond donors (Lipinski definition) is 4. The first-order chi connectivity index (χ1) is 8.52. The fourth-order valence-electron chi connectivity index (χ4n) is 1.71. The highest BCUT2D eigenvalue weighted by Crippen LogP contribution is 2.29. The Morgan fingerprint density at radius 3 is 1.50 bits per heavy atom. The molecule has 0 heterocycles. The van der Waals surface area contributed by atoms with E-state index in [1.54, 1.807) is 36.4 Å². The molecule has 2 aromatic rings. The van der Waals surface area contributed by atoms with Crippen molar-refractivity contribution in [2.45, 2.75) is 0 Å². The second kappa shape index (κ2) is 4.63. The van der Waals surface area contributed by atoms with Crippen LogP contribution in [-0.4, -0.2) is 0 Å². The van der Waals surface area contributed by atoms with Crippen LogP contribution in [-0.2, 0) is 4.57 Å². The number of nitrogen functional groups attached to an aromatic ring is 4. The van der Waals surface area contributed by atoms with Crippen LogP contribution < -0.4 is 33.5 Å². The van der Waals surface area contributed by atoms with E-state index in [1.165, 1.54) is 0 Å². The van der Waals surface area contributed by atoms with Crippen LogP contribution in [0.3, 0.4) is 0 Å². The summed E-state index contributed by atoms with van der Waals surface area (Å²) in [5, 5.41) is 1.02. The summed E-state index contributed by atoms with van der Waals surface area (Å²) in [6, 6.07) is 10.1. The first-order valence-corrected chi connectivity index (χ1v) is 6.76. The summed E-state index contributed by atoms with van der Waals surface area (Å²) in [5.41, 5.74) is 24.6. The van der Waals surface area contributed by atoms with Crippen molar-refractivity contribution in [3.63, 3.8) is 0 Å². The van der Waals surface area contributed by atoms with Crippen molar-refractivity contribution in [1.82, 2.24) is 0 Å². The first kappa shape index (κ1) is 12.3. The summed E-state index contributed by atoms with van der Waals surface area (Å²) in [4.78, 5) is 0. The molecule has 0 aliphatic rings. The number of rotatable bonds is 2. The molecule has 0 saturated heterocycles. The number of benzene rings is 2. The summed E-state index contributed by atoms with van der Waals surface area (Å²) >= 11 is 0. The Morgan fingerprint density at radius 1 is 0.722 bits per heavy atom. The zero-order chi connectivity index (χ0) is 13.3. The predicted octanol–water partition coefficient (Wildman–Crippen LogP) is 0.526. The molecule has 0 aliphatic carbocycles. The van der Waals surface area contributed by atoms with Crippen molar-refractivity contribution >= 4 is 41.2 Å². The van der Waals surface area contributed by atoms with Crippen LogP contribution in [0.5, 0.6) is 0 Å². The van der Waals surface area contributed by atoms with Crippen LogP contribution in [0.4, 0.5) is 22.7 Å². The zero-order valence-corrected chi connectivity index (χ0v) is 10.7. The minimum absolute atomic E-state index is 0.336. The van der Waals surface area contributed by atoms with Gasteiger partial charge < -0.3 is 27.5 Å². The Bertz CT molecular complexity index is 574.